The molecule has 0 spiro atoms. The number of benzene rings is 1. The first-order valence-electron chi connectivity index (χ1n) is 4.34. The van der Waals surface area contributed by atoms with Crippen LogP contribution in [0.1, 0.15) is 12.6 Å². The fraction of sp³-hybridized carbons (Fsp3) is 0.300. The minimum absolute atomic E-state index is 0.178. The molecule has 2 nitrogen and oxygen atoms in total. The summed E-state index contributed by atoms with van der Waals surface area (Å²) in [5, 5.41) is 4.88. The second-order valence-electron chi connectivity index (χ2n) is 3.06. The normalized spacial score (nSPS) is 11.0. The van der Waals surface area contributed by atoms with E-state index in [2.05, 4.69) is 5.10 Å². The fourth-order valence-electron chi connectivity index (χ4n) is 1.67. The van der Waals surface area contributed by atoms with Gasteiger partial charge in [0.2, 0.25) is 0 Å². The van der Waals surface area contributed by atoms with Crippen LogP contribution in [0, 0.1) is 5.82 Å². The van der Waals surface area contributed by atoms with E-state index in [9.17, 15) is 4.39 Å². The van der Waals surface area contributed by atoms with Crippen LogP contribution in [0.2, 0.25) is 0 Å². The molecule has 0 fully saturated rings. The van der Waals surface area contributed by atoms with Crippen LogP contribution in [-0.2, 0) is 13.5 Å². The van der Waals surface area contributed by atoms with Gasteiger partial charge in [-0.15, -0.1) is 0 Å². The molecule has 0 aliphatic rings. The van der Waals surface area contributed by atoms with Gasteiger partial charge in [0.1, 0.15) is 5.82 Å². The highest BCUT2D eigenvalue weighted by molar-refractivity contribution is 5.82. The van der Waals surface area contributed by atoms with Crippen LogP contribution in [0.5, 0.6) is 0 Å². The number of aryl methyl sites for hydroxylation is 2. The molecule has 0 N–H and O–H groups in total. The lowest BCUT2D eigenvalue weighted by Crippen LogP contribution is -1.96. The molecule has 0 saturated heterocycles. The molecule has 13 heavy (non-hydrogen) atoms. The molecule has 0 atom stereocenters. The van der Waals surface area contributed by atoms with Gasteiger partial charge in [-0.05, 0) is 18.6 Å². The lowest BCUT2D eigenvalue weighted by atomic mass is 10.1. The lowest BCUT2D eigenvalue weighted by molar-refractivity contribution is 0.637. The van der Waals surface area contributed by atoms with Crippen molar-refractivity contribution in [3.05, 3.63) is 29.7 Å². The molecule has 0 aliphatic heterocycles. The summed E-state index contributed by atoms with van der Waals surface area (Å²) in [6.45, 7) is 2.00. The maximum atomic E-state index is 13.4. The summed E-state index contributed by atoms with van der Waals surface area (Å²) in [6.07, 6.45) is 0.800. The van der Waals surface area contributed by atoms with Gasteiger partial charge in [-0.3, -0.25) is 4.68 Å². The minimum Gasteiger partial charge on any atom is -0.271 e. The van der Waals surface area contributed by atoms with E-state index in [0.29, 0.717) is 5.39 Å². The van der Waals surface area contributed by atoms with E-state index >= 15 is 0 Å². The Morgan fingerprint density at radius 1 is 1.46 bits per heavy atom. The smallest absolute Gasteiger partial charge is 0.134 e. The van der Waals surface area contributed by atoms with Gasteiger partial charge in [-0.2, -0.15) is 5.10 Å². The van der Waals surface area contributed by atoms with Crippen molar-refractivity contribution in [2.75, 3.05) is 0 Å². The van der Waals surface area contributed by atoms with Crippen molar-refractivity contribution in [2.45, 2.75) is 13.3 Å². The molecule has 0 radical (unpaired) electrons. The Morgan fingerprint density at radius 3 is 2.92 bits per heavy atom. The van der Waals surface area contributed by atoms with Gasteiger partial charge < -0.3 is 0 Å². The molecule has 0 bridgehead atoms. The predicted octanol–water partition coefficient (Wildman–Crippen LogP) is 2.27. The minimum atomic E-state index is -0.178. The number of aromatic nitrogens is 2. The Labute approximate surface area is 76.0 Å². The van der Waals surface area contributed by atoms with E-state index < -0.39 is 0 Å². The Bertz CT molecular complexity index is 445. The van der Waals surface area contributed by atoms with Crippen LogP contribution in [-0.4, -0.2) is 9.78 Å². The molecule has 2 aromatic rings. The van der Waals surface area contributed by atoms with Crippen molar-refractivity contribution in [2.24, 2.45) is 7.05 Å². The monoisotopic (exact) mass is 178 g/mol. The maximum Gasteiger partial charge on any atom is 0.134 e. The number of hydrogen-bond donors (Lipinski definition) is 0. The lowest BCUT2D eigenvalue weighted by Gasteiger charge is -1.97. The summed E-state index contributed by atoms with van der Waals surface area (Å²) in [5.74, 6) is -0.178. The van der Waals surface area contributed by atoms with Crippen LogP contribution >= 0.6 is 0 Å². The third kappa shape index (κ3) is 1.11. The summed E-state index contributed by atoms with van der Waals surface area (Å²) in [5.41, 5.74) is 1.69. The second kappa shape index (κ2) is 2.83. The summed E-state index contributed by atoms with van der Waals surface area (Å²) in [6, 6.07) is 4.99. The fourth-order valence-corrected chi connectivity index (χ4v) is 1.67. The SMILES string of the molecule is CCc1c2c(F)cccc2nn1C. The van der Waals surface area contributed by atoms with Crippen LogP contribution in [0.3, 0.4) is 0 Å². The van der Waals surface area contributed by atoms with Gasteiger partial charge in [0.25, 0.3) is 0 Å². The number of hydrogen-bond acceptors (Lipinski definition) is 1. The molecular formula is C10H11FN2. The average Bonchev–Trinajstić information content (AvgIpc) is 2.42. The van der Waals surface area contributed by atoms with E-state index in [1.54, 1.807) is 10.7 Å². The van der Waals surface area contributed by atoms with Crippen molar-refractivity contribution >= 4 is 10.9 Å². The van der Waals surface area contributed by atoms with Crippen molar-refractivity contribution in [1.82, 2.24) is 9.78 Å². The first kappa shape index (κ1) is 8.23. The number of rotatable bonds is 1. The Morgan fingerprint density at radius 2 is 2.23 bits per heavy atom. The molecule has 0 unspecified atom stereocenters. The molecule has 0 amide bonds. The molecule has 1 aromatic carbocycles. The van der Waals surface area contributed by atoms with Gasteiger partial charge in [-0.25, -0.2) is 4.39 Å². The van der Waals surface area contributed by atoms with Crippen molar-refractivity contribution in [1.29, 1.82) is 0 Å². The van der Waals surface area contributed by atoms with Crippen LogP contribution in [0.15, 0.2) is 18.2 Å². The molecule has 1 heterocycles. The Balaban J connectivity index is 2.88. The Kier molecular flexibility index (Phi) is 1.79. The molecule has 1 aromatic heterocycles. The number of fused-ring (bicyclic) bond motifs is 1. The third-order valence-electron chi connectivity index (χ3n) is 2.26. The van der Waals surface area contributed by atoms with E-state index in [1.165, 1.54) is 6.07 Å². The first-order chi connectivity index (χ1) is 6.24. The summed E-state index contributed by atoms with van der Waals surface area (Å²) in [4.78, 5) is 0. The highest BCUT2D eigenvalue weighted by Gasteiger charge is 2.10. The van der Waals surface area contributed by atoms with Crippen molar-refractivity contribution in [3.63, 3.8) is 0 Å². The zero-order chi connectivity index (χ0) is 9.42. The van der Waals surface area contributed by atoms with Crippen molar-refractivity contribution in [3.8, 4) is 0 Å². The molecule has 0 saturated carbocycles. The largest absolute Gasteiger partial charge is 0.271 e. The van der Waals surface area contributed by atoms with E-state index in [1.807, 2.05) is 20.0 Å². The molecule has 0 aliphatic carbocycles. The van der Waals surface area contributed by atoms with Crippen LogP contribution in [0.25, 0.3) is 10.9 Å². The highest BCUT2D eigenvalue weighted by atomic mass is 19.1. The average molecular weight is 178 g/mol. The van der Waals surface area contributed by atoms with Gasteiger partial charge >= 0.3 is 0 Å². The maximum absolute atomic E-state index is 13.4. The molecule has 3 heteroatoms. The van der Waals surface area contributed by atoms with Crippen molar-refractivity contribution < 1.29 is 4.39 Å². The molecule has 2 rings (SSSR count). The van der Waals surface area contributed by atoms with E-state index in [0.717, 1.165) is 17.6 Å². The molecule has 68 valence electrons. The highest BCUT2D eigenvalue weighted by Crippen LogP contribution is 2.21. The van der Waals surface area contributed by atoms with E-state index in [-0.39, 0.29) is 5.82 Å². The topological polar surface area (TPSA) is 17.8 Å². The van der Waals surface area contributed by atoms with Gasteiger partial charge in [0.15, 0.2) is 0 Å². The third-order valence-corrected chi connectivity index (χ3v) is 2.26. The van der Waals surface area contributed by atoms with Gasteiger partial charge in [0.05, 0.1) is 10.9 Å². The van der Waals surface area contributed by atoms with Crippen LogP contribution in [0.4, 0.5) is 4.39 Å². The van der Waals surface area contributed by atoms with Gasteiger partial charge in [-0.1, -0.05) is 13.0 Å². The summed E-state index contributed by atoms with van der Waals surface area (Å²) < 4.78 is 15.1. The standard InChI is InChI=1S/C10H11FN2/c1-3-9-10-7(11)5-4-6-8(10)12-13(9)2/h4-6H,3H2,1-2H3. The zero-order valence-corrected chi connectivity index (χ0v) is 7.71. The second-order valence-corrected chi connectivity index (χ2v) is 3.06. The summed E-state index contributed by atoms with van der Waals surface area (Å²) in [7, 11) is 1.85. The Hall–Kier alpha value is -1.38. The number of halogens is 1. The quantitative estimate of drug-likeness (QED) is 0.655. The van der Waals surface area contributed by atoms with Gasteiger partial charge in [0, 0.05) is 12.7 Å². The predicted molar refractivity (Wildman–Crippen MR) is 50.1 cm³/mol. The summed E-state index contributed by atoms with van der Waals surface area (Å²) >= 11 is 0. The van der Waals surface area contributed by atoms with Crippen LogP contribution < -0.4 is 0 Å². The first-order valence-corrected chi connectivity index (χ1v) is 4.34. The number of nitrogens with zero attached hydrogens (tertiary/aromatic N) is 2. The molecular weight excluding hydrogens is 167 g/mol. The van der Waals surface area contributed by atoms with E-state index in [4.69, 9.17) is 0 Å². The zero-order valence-electron chi connectivity index (χ0n) is 7.71.